The van der Waals surface area contributed by atoms with Gasteiger partial charge in [0.2, 0.25) is 0 Å². The van der Waals surface area contributed by atoms with E-state index in [1.54, 1.807) is 0 Å². The second kappa shape index (κ2) is 13.1. The number of rotatable bonds is 9. The molecule has 7 heteroatoms. The molecule has 1 unspecified atom stereocenters. The SMILES string of the molecule is Cc1ccc2nc(CN(C(=O)c3ccccc3CC(O)CCc3ccc4ccccc4c3C(=O)NC(C)(C)C)C(C)(C)C)[nH]c2c1. The van der Waals surface area contributed by atoms with E-state index >= 15 is 0 Å². The highest BCUT2D eigenvalue weighted by atomic mass is 16.3. The Morgan fingerprint density at radius 1 is 0.913 bits per heavy atom. The number of H-pyrrole nitrogens is 1. The molecule has 0 spiro atoms. The van der Waals surface area contributed by atoms with Crippen molar-refractivity contribution in [3.8, 4) is 0 Å². The van der Waals surface area contributed by atoms with Crippen LogP contribution in [-0.2, 0) is 19.4 Å². The molecule has 1 aromatic heterocycles. The quantitative estimate of drug-likeness (QED) is 0.159. The van der Waals surface area contributed by atoms with Crippen LogP contribution in [0.3, 0.4) is 0 Å². The van der Waals surface area contributed by atoms with Crippen molar-refractivity contribution in [2.75, 3.05) is 0 Å². The van der Waals surface area contributed by atoms with Crippen LogP contribution in [0.5, 0.6) is 0 Å². The van der Waals surface area contributed by atoms with Gasteiger partial charge in [-0.2, -0.15) is 0 Å². The molecule has 3 N–H and O–H groups in total. The third-order valence-corrected chi connectivity index (χ3v) is 8.23. The molecular weight excluding hydrogens is 572 g/mol. The molecule has 1 atom stereocenters. The summed E-state index contributed by atoms with van der Waals surface area (Å²) in [6.07, 6.45) is 0.578. The van der Waals surface area contributed by atoms with Gasteiger partial charge in [-0.3, -0.25) is 9.59 Å². The molecule has 4 aromatic carbocycles. The van der Waals surface area contributed by atoms with Gasteiger partial charge in [0.05, 0.1) is 29.2 Å². The predicted molar refractivity (Wildman–Crippen MR) is 186 cm³/mol. The van der Waals surface area contributed by atoms with Crippen LogP contribution in [0.15, 0.2) is 78.9 Å². The van der Waals surface area contributed by atoms with Crippen LogP contribution in [0.25, 0.3) is 21.8 Å². The van der Waals surface area contributed by atoms with Gasteiger partial charge in [-0.25, -0.2) is 4.98 Å². The lowest BCUT2D eigenvalue weighted by Gasteiger charge is -2.35. The molecule has 0 saturated carbocycles. The van der Waals surface area contributed by atoms with E-state index in [2.05, 4.69) is 16.4 Å². The number of imidazole rings is 1. The van der Waals surface area contributed by atoms with Crippen molar-refractivity contribution in [1.29, 1.82) is 0 Å². The summed E-state index contributed by atoms with van der Waals surface area (Å²) >= 11 is 0. The average molecular weight is 619 g/mol. The van der Waals surface area contributed by atoms with Crippen LogP contribution in [0.2, 0.25) is 0 Å². The lowest BCUT2D eigenvalue weighted by atomic mass is 9.92. The van der Waals surface area contributed by atoms with Crippen LogP contribution in [-0.4, -0.2) is 49.0 Å². The van der Waals surface area contributed by atoms with Crippen molar-refractivity contribution in [3.63, 3.8) is 0 Å². The van der Waals surface area contributed by atoms with Gasteiger partial charge in [0.1, 0.15) is 5.82 Å². The number of carbonyl (C=O) groups excluding carboxylic acids is 2. The zero-order valence-electron chi connectivity index (χ0n) is 28.1. The summed E-state index contributed by atoms with van der Waals surface area (Å²) in [7, 11) is 0. The van der Waals surface area contributed by atoms with Gasteiger partial charge in [-0.1, -0.05) is 60.7 Å². The predicted octanol–water partition coefficient (Wildman–Crippen LogP) is 7.53. The molecule has 0 bridgehead atoms. The highest BCUT2D eigenvalue weighted by molar-refractivity contribution is 6.08. The Balaban J connectivity index is 1.35. The first-order valence-electron chi connectivity index (χ1n) is 16.1. The molecule has 5 aromatic rings. The van der Waals surface area contributed by atoms with Gasteiger partial charge in [-0.15, -0.1) is 0 Å². The zero-order chi connectivity index (χ0) is 33.2. The van der Waals surface area contributed by atoms with E-state index in [0.717, 1.165) is 44.3 Å². The molecule has 46 heavy (non-hydrogen) atoms. The molecule has 0 saturated heterocycles. The lowest BCUT2D eigenvalue weighted by Crippen LogP contribution is -2.45. The number of benzene rings is 4. The summed E-state index contributed by atoms with van der Waals surface area (Å²) in [5.74, 6) is 0.497. The molecule has 5 rings (SSSR count). The van der Waals surface area contributed by atoms with Crippen molar-refractivity contribution in [1.82, 2.24) is 20.2 Å². The van der Waals surface area contributed by atoms with Crippen LogP contribution in [0.4, 0.5) is 0 Å². The second-order valence-corrected chi connectivity index (χ2v) is 14.3. The number of aliphatic hydroxyl groups is 1. The summed E-state index contributed by atoms with van der Waals surface area (Å²) in [5, 5.41) is 16.3. The number of fused-ring (bicyclic) bond motifs is 2. The summed E-state index contributed by atoms with van der Waals surface area (Å²) < 4.78 is 0. The van der Waals surface area contributed by atoms with Crippen molar-refractivity contribution < 1.29 is 14.7 Å². The van der Waals surface area contributed by atoms with E-state index in [9.17, 15) is 14.7 Å². The molecule has 0 fully saturated rings. The Morgan fingerprint density at radius 3 is 2.37 bits per heavy atom. The minimum atomic E-state index is -0.708. The molecule has 1 heterocycles. The highest BCUT2D eigenvalue weighted by Crippen LogP contribution is 2.27. The summed E-state index contributed by atoms with van der Waals surface area (Å²) in [6.45, 7) is 14.3. The molecule has 0 aliphatic carbocycles. The third kappa shape index (κ3) is 7.65. The fraction of sp³-hybridized carbons (Fsp3) is 0.359. The first kappa shape index (κ1) is 32.9. The van der Waals surface area contributed by atoms with Gasteiger partial charge in [0.25, 0.3) is 11.8 Å². The second-order valence-electron chi connectivity index (χ2n) is 14.3. The smallest absolute Gasteiger partial charge is 0.254 e. The van der Waals surface area contributed by atoms with Crippen molar-refractivity contribution >= 4 is 33.6 Å². The van der Waals surface area contributed by atoms with E-state index in [4.69, 9.17) is 4.98 Å². The fourth-order valence-corrected chi connectivity index (χ4v) is 5.94. The number of aromatic amines is 1. The maximum Gasteiger partial charge on any atom is 0.254 e. The Morgan fingerprint density at radius 2 is 1.63 bits per heavy atom. The van der Waals surface area contributed by atoms with E-state index in [1.807, 2.05) is 126 Å². The summed E-state index contributed by atoms with van der Waals surface area (Å²) in [6, 6.07) is 25.5. The fourth-order valence-electron chi connectivity index (χ4n) is 5.94. The first-order valence-corrected chi connectivity index (χ1v) is 16.1. The van der Waals surface area contributed by atoms with Crippen LogP contribution in [0, 0.1) is 6.92 Å². The molecule has 0 aliphatic heterocycles. The Bertz CT molecular complexity index is 1880. The van der Waals surface area contributed by atoms with E-state index in [1.165, 1.54) is 0 Å². The first-order chi connectivity index (χ1) is 21.7. The number of carbonyl (C=O) groups is 2. The summed E-state index contributed by atoms with van der Waals surface area (Å²) in [4.78, 5) is 37.6. The van der Waals surface area contributed by atoms with Crippen molar-refractivity contribution in [2.24, 2.45) is 0 Å². The Kier molecular flexibility index (Phi) is 9.36. The molecule has 240 valence electrons. The van der Waals surface area contributed by atoms with Gasteiger partial charge in [0, 0.05) is 16.6 Å². The van der Waals surface area contributed by atoms with E-state index in [-0.39, 0.29) is 17.4 Å². The van der Waals surface area contributed by atoms with Gasteiger partial charge >= 0.3 is 0 Å². The van der Waals surface area contributed by atoms with Crippen molar-refractivity contribution in [3.05, 3.63) is 113 Å². The number of nitrogens with zero attached hydrogens (tertiary/aromatic N) is 2. The molecule has 0 aliphatic rings. The third-order valence-electron chi connectivity index (χ3n) is 8.23. The molecule has 2 amide bonds. The standard InChI is InChI=1S/C39H46N4O3/c1-25-16-21-32-33(22-25)41-34(40-32)24-43(39(5,6)7)37(46)31-15-11-9-13-28(31)23-29(44)20-19-27-18-17-26-12-8-10-14-30(26)35(27)36(45)42-38(2,3)4/h8-18,21-22,29,44H,19-20,23-24H2,1-7H3,(H,40,41)(H,42,45). The number of amides is 2. The lowest BCUT2D eigenvalue weighted by molar-refractivity contribution is 0.0550. The number of aryl methyl sites for hydroxylation is 2. The van der Waals surface area contributed by atoms with Crippen molar-refractivity contribution in [2.45, 2.75) is 91.5 Å². The molecule has 7 nitrogen and oxygen atoms in total. The minimum Gasteiger partial charge on any atom is -0.393 e. The van der Waals surface area contributed by atoms with Gasteiger partial charge in [0.15, 0.2) is 0 Å². The summed E-state index contributed by atoms with van der Waals surface area (Å²) in [5.41, 5.74) is 5.01. The van der Waals surface area contributed by atoms with E-state index < -0.39 is 11.6 Å². The monoisotopic (exact) mass is 618 g/mol. The minimum absolute atomic E-state index is 0.109. The normalized spacial score (nSPS) is 12.8. The van der Waals surface area contributed by atoms with Crippen LogP contribution < -0.4 is 5.32 Å². The van der Waals surface area contributed by atoms with Crippen LogP contribution in [0.1, 0.15) is 91.2 Å². The number of nitrogens with one attached hydrogen (secondary N) is 2. The largest absolute Gasteiger partial charge is 0.393 e. The number of aromatic nitrogens is 2. The number of hydrogen-bond acceptors (Lipinski definition) is 4. The highest BCUT2D eigenvalue weighted by Gasteiger charge is 2.30. The van der Waals surface area contributed by atoms with Gasteiger partial charge < -0.3 is 20.3 Å². The number of aliphatic hydroxyl groups excluding tert-OH is 1. The van der Waals surface area contributed by atoms with E-state index in [0.29, 0.717) is 36.9 Å². The Hall–Kier alpha value is -4.49. The Labute approximate surface area is 272 Å². The zero-order valence-corrected chi connectivity index (χ0v) is 28.1. The molecular formula is C39H46N4O3. The topological polar surface area (TPSA) is 98.3 Å². The molecule has 0 radical (unpaired) electrons. The maximum atomic E-state index is 14.2. The van der Waals surface area contributed by atoms with Gasteiger partial charge in [-0.05, 0) is 113 Å². The number of hydrogen-bond donors (Lipinski definition) is 3. The van der Waals surface area contributed by atoms with Crippen LogP contribution >= 0.6 is 0 Å². The maximum absolute atomic E-state index is 14.2. The average Bonchev–Trinajstić information content (AvgIpc) is 3.38.